The lowest BCUT2D eigenvalue weighted by atomic mass is 9.92. The van der Waals surface area contributed by atoms with Crippen LogP contribution in [-0.2, 0) is 39.3 Å². The highest BCUT2D eigenvalue weighted by molar-refractivity contribution is 7.87. The number of benzene rings is 2. The highest BCUT2D eigenvalue weighted by atomic mass is 32.2. The summed E-state index contributed by atoms with van der Waals surface area (Å²) < 4.78 is 33.2. The molecule has 3 rings (SSSR count). The maximum atomic E-state index is 13.0. The Morgan fingerprint density at radius 2 is 1.93 bits per heavy atom. The second-order valence-electron chi connectivity index (χ2n) is 7.41. The van der Waals surface area contributed by atoms with E-state index >= 15 is 0 Å². The first-order valence-corrected chi connectivity index (χ1v) is 11.0. The average molecular weight is 432 g/mol. The molecule has 1 aliphatic heterocycles. The maximum absolute atomic E-state index is 13.0. The van der Waals surface area contributed by atoms with Gasteiger partial charge in [0.1, 0.15) is 6.04 Å². The first kappa shape index (κ1) is 21.8. The third kappa shape index (κ3) is 5.37. The molecule has 0 aliphatic carbocycles. The second-order valence-corrected chi connectivity index (χ2v) is 8.56. The second kappa shape index (κ2) is 8.85. The van der Waals surface area contributed by atoms with Crippen LogP contribution in [0.2, 0.25) is 0 Å². The van der Waals surface area contributed by atoms with Crippen molar-refractivity contribution in [3.63, 3.8) is 0 Å². The molecule has 0 saturated carbocycles. The van der Waals surface area contributed by atoms with E-state index in [1.807, 2.05) is 35.9 Å². The Morgan fingerprint density at radius 1 is 1.17 bits per heavy atom. The third-order valence-electron chi connectivity index (χ3n) is 5.16. The molecule has 0 unspecified atom stereocenters. The number of carbonyl (C=O) groups excluding carboxylic acids is 2. The van der Waals surface area contributed by atoms with Gasteiger partial charge < -0.3 is 10.2 Å². The summed E-state index contributed by atoms with van der Waals surface area (Å²) in [5.41, 5.74) is 3.95. The van der Waals surface area contributed by atoms with E-state index in [1.165, 1.54) is 18.0 Å². The highest BCUT2D eigenvalue weighted by Gasteiger charge is 2.34. The standard InChI is InChI=1S/C21H25N3O5S/c1-14-4-3-5-15(10-14)6-9-20(25)24-13-17-11-18(23-30(27,28)29)8-7-16(17)12-19(24)21(26)22-2/h3-5,7-8,10-11,19,23H,6,9,12-13H2,1-2H3,(H,22,26)(H,27,28,29)/t19-/m0/s1. The van der Waals surface area contributed by atoms with Crippen LogP contribution in [0.25, 0.3) is 0 Å². The molecule has 1 heterocycles. The average Bonchev–Trinajstić information content (AvgIpc) is 2.69. The van der Waals surface area contributed by atoms with Crippen molar-refractivity contribution in [3.8, 4) is 0 Å². The predicted molar refractivity (Wildman–Crippen MR) is 113 cm³/mol. The van der Waals surface area contributed by atoms with E-state index in [-0.39, 0.29) is 30.5 Å². The van der Waals surface area contributed by atoms with Crippen molar-refractivity contribution in [2.45, 2.75) is 38.8 Å². The molecular weight excluding hydrogens is 406 g/mol. The Labute approximate surface area is 176 Å². The van der Waals surface area contributed by atoms with E-state index in [2.05, 4.69) is 5.32 Å². The summed E-state index contributed by atoms with van der Waals surface area (Å²) in [4.78, 5) is 27.0. The SMILES string of the molecule is CNC(=O)[C@@H]1Cc2ccc(NS(=O)(=O)O)cc2CN1C(=O)CCc1cccc(C)c1. The van der Waals surface area contributed by atoms with Gasteiger partial charge in [-0.15, -0.1) is 0 Å². The van der Waals surface area contributed by atoms with Gasteiger partial charge >= 0.3 is 10.3 Å². The van der Waals surface area contributed by atoms with Crippen molar-refractivity contribution in [1.29, 1.82) is 0 Å². The number of hydrogen-bond donors (Lipinski definition) is 3. The quantitative estimate of drug-likeness (QED) is 0.604. The van der Waals surface area contributed by atoms with Gasteiger partial charge in [-0.2, -0.15) is 8.42 Å². The number of fused-ring (bicyclic) bond motifs is 1. The molecule has 9 heteroatoms. The summed E-state index contributed by atoms with van der Waals surface area (Å²) in [6.07, 6.45) is 1.15. The molecule has 2 aromatic carbocycles. The minimum atomic E-state index is -4.40. The van der Waals surface area contributed by atoms with Gasteiger partial charge in [0.2, 0.25) is 11.8 Å². The fourth-order valence-corrected chi connectivity index (χ4v) is 4.15. The number of hydrogen-bond acceptors (Lipinski definition) is 4. The Morgan fingerprint density at radius 3 is 2.60 bits per heavy atom. The van der Waals surface area contributed by atoms with E-state index in [9.17, 15) is 18.0 Å². The Balaban J connectivity index is 1.81. The summed E-state index contributed by atoms with van der Waals surface area (Å²) in [7, 11) is -2.87. The van der Waals surface area contributed by atoms with Crippen LogP contribution in [0.15, 0.2) is 42.5 Å². The summed E-state index contributed by atoms with van der Waals surface area (Å²) in [6, 6.07) is 12.1. The van der Waals surface area contributed by atoms with Crippen molar-refractivity contribution in [1.82, 2.24) is 10.2 Å². The minimum absolute atomic E-state index is 0.149. The van der Waals surface area contributed by atoms with Gasteiger partial charge in [0.05, 0.1) is 5.69 Å². The zero-order chi connectivity index (χ0) is 21.9. The Kier molecular flexibility index (Phi) is 6.42. The third-order valence-corrected chi connectivity index (χ3v) is 5.66. The van der Waals surface area contributed by atoms with Crippen molar-refractivity contribution < 1.29 is 22.6 Å². The van der Waals surface area contributed by atoms with E-state index in [4.69, 9.17) is 4.55 Å². The molecule has 0 saturated heterocycles. The first-order valence-electron chi connectivity index (χ1n) is 9.60. The van der Waals surface area contributed by atoms with Crippen molar-refractivity contribution in [2.24, 2.45) is 0 Å². The topological polar surface area (TPSA) is 116 Å². The molecule has 0 radical (unpaired) electrons. The molecule has 160 valence electrons. The molecule has 2 amide bonds. The number of anilines is 1. The zero-order valence-corrected chi connectivity index (χ0v) is 17.7. The number of amides is 2. The van der Waals surface area contributed by atoms with Crippen LogP contribution >= 0.6 is 0 Å². The lowest BCUT2D eigenvalue weighted by Crippen LogP contribution is -2.52. The monoisotopic (exact) mass is 431 g/mol. The van der Waals surface area contributed by atoms with Crippen molar-refractivity contribution in [2.75, 3.05) is 11.8 Å². The van der Waals surface area contributed by atoms with E-state index in [0.717, 1.165) is 22.3 Å². The number of nitrogens with zero attached hydrogens (tertiary/aromatic N) is 1. The number of nitrogens with one attached hydrogen (secondary N) is 2. The molecule has 2 aromatic rings. The number of aryl methyl sites for hydroxylation is 2. The molecular formula is C21H25N3O5S. The van der Waals surface area contributed by atoms with Crippen molar-refractivity contribution in [3.05, 3.63) is 64.7 Å². The fourth-order valence-electron chi connectivity index (χ4n) is 3.72. The van der Waals surface area contributed by atoms with Gasteiger partial charge in [-0.3, -0.25) is 18.9 Å². The van der Waals surface area contributed by atoms with Gasteiger partial charge in [-0.25, -0.2) is 0 Å². The van der Waals surface area contributed by atoms with Crippen LogP contribution in [-0.4, -0.2) is 42.8 Å². The summed E-state index contributed by atoms with van der Waals surface area (Å²) in [5, 5.41) is 2.62. The summed E-state index contributed by atoms with van der Waals surface area (Å²) in [5.74, 6) is -0.395. The van der Waals surface area contributed by atoms with E-state index in [0.29, 0.717) is 12.8 Å². The molecule has 0 bridgehead atoms. The van der Waals surface area contributed by atoms with Crippen LogP contribution < -0.4 is 10.0 Å². The largest absolute Gasteiger partial charge is 0.357 e. The fraction of sp³-hybridized carbons (Fsp3) is 0.333. The Hall–Kier alpha value is -2.91. The van der Waals surface area contributed by atoms with E-state index in [1.54, 1.807) is 12.1 Å². The van der Waals surface area contributed by atoms with Gasteiger partial charge in [0, 0.05) is 26.4 Å². The molecule has 1 atom stereocenters. The highest BCUT2D eigenvalue weighted by Crippen LogP contribution is 2.27. The minimum Gasteiger partial charge on any atom is -0.357 e. The van der Waals surface area contributed by atoms with Gasteiger partial charge in [0.25, 0.3) is 0 Å². The number of carbonyl (C=O) groups is 2. The Bertz CT molecular complexity index is 1070. The number of rotatable bonds is 6. The van der Waals surface area contributed by atoms with Crippen LogP contribution in [0.4, 0.5) is 5.69 Å². The number of likely N-dealkylation sites (N-methyl/N-ethyl adjacent to an activating group) is 1. The van der Waals surface area contributed by atoms with Crippen LogP contribution in [0, 0.1) is 6.92 Å². The normalized spacial score (nSPS) is 16.0. The molecule has 8 nitrogen and oxygen atoms in total. The lowest BCUT2D eigenvalue weighted by molar-refractivity contribution is -0.141. The molecule has 3 N–H and O–H groups in total. The zero-order valence-electron chi connectivity index (χ0n) is 16.9. The summed E-state index contributed by atoms with van der Waals surface area (Å²) in [6.45, 7) is 2.17. The lowest BCUT2D eigenvalue weighted by Gasteiger charge is -2.36. The summed E-state index contributed by atoms with van der Waals surface area (Å²) >= 11 is 0. The smallest absolute Gasteiger partial charge is 0.357 e. The van der Waals surface area contributed by atoms with Crippen molar-refractivity contribution >= 4 is 27.8 Å². The van der Waals surface area contributed by atoms with E-state index < -0.39 is 16.3 Å². The maximum Gasteiger partial charge on any atom is 0.357 e. The molecule has 0 fully saturated rings. The van der Waals surface area contributed by atoms with Gasteiger partial charge in [-0.05, 0) is 42.2 Å². The molecule has 1 aliphatic rings. The van der Waals surface area contributed by atoms with Crippen LogP contribution in [0.3, 0.4) is 0 Å². The predicted octanol–water partition coefficient (Wildman–Crippen LogP) is 1.84. The van der Waals surface area contributed by atoms with Crippen LogP contribution in [0.1, 0.15) is 28.7 Å². The van der Waals surface area contributed by atoms with Gasteiger partial charge in [0.15, 0.2) is 0 Å². The molecule has 0 spiro atoms. The molecule has 0 aromatic heterocycles. The molecule has 30 heavy (non-hydrogen) atoms. The first-order chi connectivity index (χ1) is 14.2. The van der Waals surface area contributed by atoms with Crippen LogP contribution in [0.5, 0.6) is 0 Å². The van der Waals surface area contributed by atoms with Gasteiger partial charge in [-0.1, -0.05) is 35.9 Å².